The fraction of sp³-hybridized carbons (Fsp3) is 0.333. The van der Waals surface area contributed by atoms with E-state index in [0.29, 0.717) is 17.0 Å². The topological polar surface area (TPSA) is 50.1 Å². The number of ether oxygens (including phenoxy) is 1. The van der Waals surface area contributed by atoms with Crippen LogP contribution in [0.1, 0.15) is 34.0 Å². The molecule has 1 aromatic rings. The number of alkyl halides is 1. The minimum Gasteiger partial charge on any atom is -0.465 e. The third kappa shape index (κ3) is 2.34. The molecule has 0 aliphatic carbocycles. The summed E-state index contributed by atoms with van der Waals surface area (Å²) in [5.41, 5.74) is 2.46. The number of methoxy groups -OCH3 is 1. The second kappa shape index (κ2) is 5.53. The second-order valence-electron chi connectivity index (χ2n) is 3.26. The van der Waals surface area contributed by atoms with Crippen molar-refractivity contribution in [2.75, 3.05) is 7.11 Å². The molecule has 0 saturated carbocycles. The van der Waals surface area contributed by atoms with E-state index in [1.54, 1.807) is 12.1 Å². The molecule has 0 radical (unpaired) electrons. The lowest BCUT2D eigenvalue weighted by Crippen LogP contribution is -2.06. The molecule has 3 nitrogen and oxygen atoms in total. The molecule has 4 heteroatoms. The van der Waals surface area contributed by atoms with Crippen LogP contribution in [0, 0.1) is 11.3 Å². The van der Waals surface area contributed by atoms with Gasteiger partial charge in [0.15, 0.2) is 0 Å². The highest BCUT2D eigenvalue weighted by molar-refractivity contribution is 6.17. The van der Waals surface area contributed by atoms with Crippen molar-refractivity contribution in [1.82, 2.24) is 0 Å². The number of nitrogens with zero attached hydrogens (tertiary/aromatic N) is 1. The number of rotatable bonds is 3. The molecule has 0 unspecified atom stereocenters. The molecular formula is C12H12ClNO2. The van der Waals surface area contributed by atoms with Crippen molar-refractivity contribution in [2.24, 2.45) is 0 Å². The van der Waals surface area contributed by atoms with E-state index < -0.39 is 5.97 Å². The van der Waals surface area contributed by atoms with Crippen molar-refractivity contribution in [2.45, 2.75) is 19.2 Å². The van der Waals surface area contributed by atoms with Crippen molar-refractivity contribution in [3.8, 4) is 6.07 Å². The van der Waals surface area contributed by atoms with Gasteiger partial charge in [0.1, 0.15) is 6.07 Å². The third-order valence-corrected chi connectivity index (χ3v) is 2.68. The number of nitriles is 1. The van der Waals surface area contributed by atoms with E-state index in [2.05, 4.69) is 4.74 Å². The maximum Gasteiger partial charge on any atom is 0.339 e. The molecule has 0 amide bonds. The first-order valence-corrected chi connectivity index (χ1v) is 5.41. The van der Waals surface area contributed by atoms with Gasteiger partial charge in [0, 0.05) is 5.88 Å². The highest BCUT2D eigenvalue weighted by atomic mass is 35.5. The number of hydrogen-bond donors (Lipinski definition) is 0. The van der Waals surface area contributed by atoms with E-state index in [0.717, 1.165) is 17.5 Å². The first-order valence-electron chi connectivity index (χ1n) is 4.88. The van der Waals surface area contributed by atoms with Crippen LogP contribution >= 0.6 is 11.6 Å². The van der Waals surface area contributed by atoms with Crippen molar-refractivity contribution < 1.29 is 9.53 Å². The van der Waals surface area contributed by atoms with E-state index in [1.165, 1.54) is 7.11 Å². The molecule has 1 aromatic carbocycles. The average molecular weight is 238 g/mol. The predicted octanol–water partition coefficient (Wildman–Crippen LogP) is 2.65. The summed E-state index contributed by atoms with van der Waals surface area (Å²) in [5.74, 6) is -0.161. The normalized spacial score (nSPS) is 9.62. The molecule has 0 N–H and O–H groups in total. The zero-order valence-electron chi connectivity index (χ0n) is 9.21. The van der Waals surface area contributed by atoms with Gasteiger partial charge in [-0.25, -0.2) is 4.79 Å². The highest BCUT2D eigenvalue weighted by Gasteiger charge is 2.14. The summed E-state index contributed by atoms with van der Waals surface area (Å²) in [6.45, 7) is 1.97. The molecule has 16 heavy (non-hydrogen) atoms. The summed E-state index contributed by atoms with van der Waals surface area (Å²) >= 11 is 5.78. The number of carbonyl (C=O) groups is 1. The van der Waals surface area contributed by atoms with E-state index in [9.17, 15) is 4.79 Å². The standard InChI is InChI=1S/C12H12ClNO2/c1-3-8-5-11(12(15)16-2)10(7-14)4-9(8)6-13/h4-5H,3,6H2,1-2H3. The second-order valence-corrected chi connectivity index (χ2v) is 3.52. The maximum absolute atomic E-state index is 11.5. The van der Waals surface area contributed by atoms with E-state index in [4.69, 9.17) is 16.9 Å². The Kier molecular flexibility index (Phi) is 4.33. The lowest BCUT2D eigenvalue weighted by atomic mass is 9.98. The lowest BCUT2D eigenvalue weighted by Gasteiger charge is -2.09. The van der Waals surface area contributed by atoms with Crippen LogP contribution in [-0.2, 0) is 17.0 Å². The number of carbonyl (C=O) groups excluding carboxylic acids is 1. The van der Waals surface area contributed by atoms with Crippen LogP contribution < -0.4 is 0 Å². The van der Waals surface area contributed by atoms with E-state index >= 15 is 0 Å². The number of benzene rings is 1. The van der Waals surface area contributed by atoms with Crippen LogP contribution in [0.15, 0.2) is 12.1 Å². The third-order valence-electron chi connectivity index (χ3n) is 2.39. The average Bonchev–Trinajstić information content (AvgIpc) is 2.35. The quantitative estimate of drug-likeness (QED) is 0.600. The fourth-order valence-electron chi connectivity index (χ4n) is 1.51. The Morgan fingerprint density at radius 2 is 2.19 bits per heavy atom. The number of aryl methyl sites for hydroxylation is 1. The molecule has 1 rings (SSSR count). The highest BCUT2D eigenvalue weighted by Crippen LogP contribution is 2.20. The summed E-state index contributed by atoms with van der Waals surface area (Å²) in [5, 5.41) is 8.95. The first-order chi connectivity index (χ1) is 7.67. The van der Waals surface area contributed by atoms with Crippen molar-refractivity contribution in [3.05, 3.63) is 34.4 Å². The maximum atomic E-state index is 11.5. The molecule has 0 aromatic heterocycles. The summed E-state index contributed by atoms with van der Waals surface area (Å²) < 4.78 is 4.63. The molecule has 0 bridgehead atoms. The van der Waals surface area contributed by atoms with Gasteiger partial charge in [-0.15, -0.1) is 11.6 Å². The first kappa shape index (κ1) is 12.5. The van der Waals surface area contributed by atoms with Gasteiger partial charge < -0.3 is 4.74 Å². The minimum atomic E-state index is -0.493. The fourth-order valence-corrected chi connectivity index (χ4v) is 1.76. The predicted molar refractivity (Wildman–Crippen MR) is 61.4 cm³/mol. The number of halogens is 1. The molecule has 0 spiro atoms. The molecule has 84 valence electrons. The Morgan fingerprint density at radius 1 is 1.50 bits per heavy atom. The van der Waals surface area contributed by atoms with Crippen LogP contribution in [0.5, 0.6) is 0 Å². The zero-order valence-corrected chi connectivity index (χ0v) is 9.97. The van der Waals surface area contributed by atoms with Crippen molar-refractivity contribution in [1.29, 1.82) is 5.26 Å². The van der Waals surface area contributed by atoms with Gasteiger partial charge >= 0.3 is 5.97 Å². The van der Waals surface area contributed by atoms with Crippen LogP contribution in [0.25, 0.3) is 0 Å². The largest absolute Gasteiger partial charge is 0.465 e. The van der Waals surface area contributed by atoms with Gasteiger partial charge in [-0.1, -0.05) is 6.92 Å². The van der Waals surface area contributed by atoms with Gasteiger partial charge in [0.2, 0.25) is 0 Å². The van der Waals surface area contributed by atoms with E-state index in [1.807, 2.05) is 13.0 Å². The molecule has 0 aliphatic heterocycles. The summed E-state index contributed by atoms with van der Waals surface area (Å²) in [6.07, 6.45) is 0.762. The Balaban J connectivity index is 3.39. The van der Waals surface area contributed by atoms with Crippen LogP contribution in [-0.4, -0.2) is 13.1 Å². The molecule has 0 heterocycles. The lowest BCUT2D eigenvalue weighted by molar-refractivity contribution is 0.0600. The Morgan fingerprint density at radius 3 is 2.62 bits per heavy atom. The number of hydrogen-bond acceptors (Lipinski definition) is 3. The minimum absolute atomic E-state index is 0.302. The molecular weight excluding hydrogens is 226 g/mol. The van der Waals surface area contributed by atoms with Gasteiger partial charge in [-0.3, -0.25) is 0 Å². The van der Waals surface area contributed by atoms with Crippen LogP contribution in [0.2, 0.25) is 0 Å². The van der Waals surface area contributed by atoms with Crippen LogP contribution in [0.4, 0.5) is 0 Å². The molecule has 0 saturated heterocycles. The Hall–Kier alpha value is -1.53. The zero-order chi connectivity index (χ0) is 12.1. The summed E-state index contributed by atoms with van der Waals surface area (Å²) in [7, 11) is 1.30. The number of esters is 1. The van der Waals surface area contributed by atoms with Crippen LogP contribution in [0.3, 0.4) is 0 Å². The van der Waals surface area contributed by atoms with Gasteiger partial charge in [0.25, 0.3) is 0 Å². The van der Waals surface area contributed by atoms with Crippen molar-refractivity contribution in [3.63, 3.8) is 0 Å². The molecule has 0 fully saturated rings. The molecule has 0 aliphatic rings. The summed E-state index contributed by atoms with van der Waals surface area (Å²) in [6, 6.07) is 5.31. The Bertz CT molecular complexity index is 449. The van der Waals surface area contributed by atoms with Crippen molar-refractivity contribution >= 4 is 17.6 Å². The SMILES string of the molecule is CCc1cc(C(=O)OC)c(C#N)cc1CCl. The monoisotopic (exact) mass is 237 g/mol. The van der Waals surface area contributed by atoms with E-state index in [-0.39, 0.29) is 0 Å². The van der Waals surface area contributed by atoms with Gasteiger partial charge in [-0.2, -0.15) is 5.26 Å². The Labute approximate surface area is 99.6 Å². The smallest absolute Gasteiger partial charge is 0.339 e. The summed E-state index contributed by atoms with van der Waals surface area (Å²) in [4.78, 5) is 11.5. The van der Waals surface area contributed by atoms with Gasteiger partial charge in [-0.05, 0) is 29.7 Å². The molecule has 0 atom stereocenters. The van der Waals surface area contributed by atoms with Gasteiger partial charge in [0.05, 0.1) is 18.2 Å².